The third-order valence-electron chi connectivity index (χ3n) is 2.90. The maximum atomic E-state index is 11.7. The van der Waals surface area contributed by atoms with E-state index in [0.717, 1.165) is 12.8 Å². The average Bonchev–Trinajstić information content (AvgIpc) is 2.41. The third-order valence-corrected chi connectivity index (χ3v) is 2.90. The van der Waals surface area contributed by atoms with E-state index in [-0.39, 0.29) is 24.0 Å². The highest BCUT2D eigenvalue weighted by Gasteiger charge is 2.25. The summed E-state index contributed by atoms with van der Waals surface area (Å²) in [5.74, 6) is 0.240. The largest absolute Gasteiger partial charge is 0.450 e. The summed E-state index contributed by atoms with van der Waals surface area (Å²) in [6, 6.07) is 0.130. The van der Waals surface area contributed by atoms with Crippen LogP contribution in [-0.2, 0) is 9.53 Å². The van der Waals surface area contributed by atoms with Gasteiger partial charge in [0.2, 0.25) is 5.91 Å². The van der Waals surface area contributed by atoms with Crippen molar-refractivity contribution in [1.29, 1.82) is 0 Å². The molecule has 0 aromatic heterocycles. The molecule has 0 unspecified atom stereocenters. The molecule has 1 aliphatic heterocycles. The van der Waals surface area contributed by atoms with E-state index in [1.807, 2.05) is 32.6 Å². The summed E-state index contributed by atoms with van der Waals surface area (Å²) in [5.41, 5.74) is 0. The Hall–Kier alpha value is -1.26. The van der Waals surface area contributed by atoms with Gasteiger partial charge in [-0.05, 0) is 19.8 Å². The molecule has 0 radical (unpaired) electrons. The lowest BCUT2D eigenvalue weighted by atomic mass is 10.0. The lowest BCUT2D eigenvalue weighted by molar-refractivity contribution is -0.135. The van der Waals surface area contributed by atoms with Crippen molar-refractivity contribution in [3.63, 3.8) is 0 Å². The van der Waals surface area contributed by atoms with Crippen molar-refractivity contribution in [1.82, 2.24) is 10.2 Å². The molecule has 0 bridgehead atoms. The van der Waals surface area contributed by atoms with Crippen LogP contribution < -0.4 is 5.32 Å². The van der Waals surface area contributed by atoms with Crippen LogP contribution in [0.2, 0.25) is 0 Å². The molecule has 0 aromatic rings. The van der Waals surface area contributed by atoms with Crippen molar-refractivity contribution in [2.75, 3.05) is 19.7 Å². The zero-order valence-electron chi connectivity index (χ0n) is 12.9. The SMILES string of the molecule is CC.CCOC(=O)NC1CCN(C(=O)C(C)C)CC1. The van der Waals surface area contributed by atoms with Gasteiger partial charge in [0.1, 0.15) is 0 Å². The van der Waals surface area contributed by atoms with Crippen molar-refractivity contribution in [2.24, 2.45) is 5.92 Å². The van der Waals surface area contributed by atoms with Gasteiger partial charge in [-0.15, -0.1) is 0 Å². The molecule has 19 heavy (non-hydrogen) atoms. The van der Waals surface area contributed by atoms with Gasteiger partial charge >= 0.3 is 6.09 Å². The summed E-state index contributed by atoms with van der Waals surface area (Å²) in [6.07, 6.45) is 1.25. The highest BCUT2D eigenvalue weighted by atomic mass is 16.5. The highest BCUT2D eigenvalue weighted by Crippen LogP contribution is 2.13. The Balaban J connectivity index is 0.00000154. The van der Waals surface area contributed by atoms with Crippen LogP contribution in [0.4, 0.5) is 4.79 Å². The smallest absolute Gasteiger partial charge is 0.407 e. The Labute approximate surface area is 116 Å². The molecule has 1 heterocycles. The predicted octanol–water partition coefficient (Wildman–Crippen LogP) is 2.41. The Morgan fingerprint density at radius 2 is 1.79 bits per heavy atom. The van der Waals surface area contributed by atoms with Crippen LogP contribution in [0.5, 0.6) is 0 Å². The number of hydrogen-bond acceptors (Lipinski definition) is 3. The first-order valence-corrected chi connectivity index (χ1v) is 7.26. The summed E-state index contributed by atoms with van der Waals surface area (Å²) in [7, 11) is 0. The van der Waals surface area contributed by atoms with Gasteiger partial charge in [0.05, 0.1) is 6.61 Å². The fourth-order valence-electron chi connectivity index (χ4n) is 1.95. The number of rotatable bonds is 3. The van der Waals surface area contributed by atoms with Gasteiger partial charge in [-0.1, -0.05) is 27.7 Å². The molecular weight excluding hydrogens is 244 g/mol. The van der Waals surface area contributed by atoms with Gasteiger partial charge in [0.15, 0.2) is 0 Å². The number of ether oxygens (including phenoxy) is 1. The van der Waals surface area contributed by atoms with Crippen LogP contribution in [0.1, 0.15) is 47.5 Å². The maximum absolute atomic E-state index is 11.7. The minimum atomic E-state index is -0.360. The number of nitrogens with one attached hydrogen (secondary N) is 1. The van der Waals surface area contributed by atoms with Crippen molar-refractivity contribution in [2.45, 2.75) is 53.5 Å². The Morgan fingerprint density at radius 3 is 2.21 bits per heavy atom. The fraction of sp³-hybridized carbons (Fsp3) is 0.857. The summed E-state index contributed by atoms with van der Waals surface area (Å²) in [5, 5.41) is 2.81. The molecule has 1 fully saturated rings. The fourth-order valence-corrected chi connectivity index (χ4v) is 1.95. The molecular formula is C14H28N2O3. The van der Waals surface area contributed by atoms with E-state index in [2.05, 4.69) is 5.32 Å². The van der Waals surface area contributed by atoms with Gasteiger partial charge in [0, 0.05) is 25.0 Å². The summed E-state index contributed by atoms with van der Waals surface area (Å²) in [6.45, 7) is 11.4. The lowest BCUT2D eigenvalue weighted by Crippen LogP contribution is -2.47. The molecule has 0 saturated carbocycles. The number of hydrogen-bond donors (Lipinski definition) is 1. The maximum Gasteiger partial charge on any atom is 0.407 e. The van der Waals surface area contributed by atoms with Crippen molar-refractivity contribution in [3.05, 3.63) is 0 Å². The molecule has 5 heteroatoms. The minimum absolute atomic E-state index is 0.0459. The van der Waals surface area contributed by atoms with E-state index in [1.54, 1.807) is 6.92 Å². The van der Waals surface area contributed by atoms with Gasteiger partial charge in [0.25, 0.3) is 0 Å². The van der Waals surface area contributed by atoms with Gasteiger partial charge < -0.3 is 15.0 Å². The molecule has 1 rings (SSSR count). The zero-order chi connectivity index (χ0) is 14.8. The molecule has 0 aromatic carbocycles. The second kappa shape index (κ2) is 9.64. The Kier molecular flexibility index (Phi) is 9.00. The molecule has 1 N–H and O–H groups in total. The first kappa shape index (κ1) is 17.7. The average molecular weight is 272 g/mol. The molecule has 5 nitrogen and oxygen atoms in total. The molecule has 1 aliphatic rings. The Morgan fingerprint density at radius 1 is 1.26 bits per heavy atom. The monoisotopic (exact) mass is 272 g/mol. The van der Waals surface area contributed by atoms with Crippen molar-refractivity contribution in [3.8, 4) is 0 Å². The highest BCUT2D eigenvalue weighted by molar-refractivity contribution is 5.78. The van der Waals surface area contributed by atoms with E-state index >= 15 is 0 Å². The molecule has 1 saturated heterocycles. The van der Waals surface area contributed by atoms with E-state index in [0.29, 0.717) is 19.7 Å². The summed E-state index contributed by atoms with van der Waals surface area (Å²) >= 11 is 0. The molecule has 0 spiro atoms. The van der Waals surface area contributed by atoms with Crippen LogP contribution >= 0.6 is 0 Å². The zero-order valence-corrected chi connectivity index (χ0v) is 12.9. The standard InChI is InChI=1S/C12H22N2O3.C2H6/c1-4-17-12(16)13-10-5-7-14(8-6-10)11(15)9(2)3;1-2/h9-10H,4-8H2,1-3H3,(H,13,16);1-2H3. The normalized spacial score (nSPS) is 15.6. The van der Waals surface area contributed by atoms with E-state index < -0.39 is 0 Å². The molecule has 2 amide bonds. The van der Waals surface area contributed by atoms with Crippen LogP contribution in [0, 0.1) is 5.92 Å². The van der Waals surface area contributed by atoms with E-state index in [9.17, 15) is 9.59 Å². The van der Waals surface area contributed by atoms with Crippen molar-refractivity contribution < 1.29 is 14.3 Å². The lowest BCUT2D eigenvalue weighted by Gasteiger charge is -2.33. The van der Waals surface area contributed by atoms with Gasteiger partial charge in [-0.25, -0.2) is 4.79 Å². The number of nitrogens with zero attached hydrogens (tertiary/aromatic N) is 1. The molecule has 0 atom stereocenters. The third kappa shape index (κ3) is 6.45. The quantitative estimate of drug-likeness (QED) is 0.858. The first-order chi connectivity index (χ1) is 9.04. The molecule has 0 aliphatic carbocycles. The number of carbonyl (C=O) groups is 2. The van der Waals surface area contributed by atoms with Crippen LogP contribution in [0.15, 0.2) is 0 Å². The number of piperidine rings is 1. The number of amides is 2. The summed E-state index contributed by atoms with van der Waals surface area (Å²) in [4.78, 5) is 24.8. The van der Waals surface area contributed by atoms with E-state index in [4.69, 9.17) is 4.74 Å². The number of alkyl carbamates (subject to hydrolysis) is 1. The second-order valence-electron chi connectivity index (χ2n) is 4.62. The topological polar surface area (TPSA) is 58.6 Å². The van der Waals surface area contributed by atoms with Crippen LogP contribution in [0.3, 0.4) is 0 Å². The molecule has 112 valence electrons. The predicted molar refractivity (Wildman–Crippen MR) is 75.9 cm³/mol. The van der Waals surface area contributed by atoms with Crippen molar-refractivity contribution >= 4 is 12.0 Å². The number of likely N-dealkylation sites (tertiary alicyclic amines) is 1. The van der Waals surface area contributed by atoms with Crippen LogP contribution in [-0.4, -0.2) is 42.6 Å². The van der Waals surface area contributed by atoms with E-state index in [1.165, 1.54) is 0 Å². The summed E-state index contributed by atoms with van der Waals surface area (Å²) < 4.78 is 4.83. The Bertz CT molecular complexity index is 272. The second-order valence-corrected chi connectivity index (χ2v) is 4.62. The minimum Gasteiger partial charge on any atom is -0.450 e. The number of carbonyl (C=O) groups excluding carboxylic acids is 2. The first-order valence-electron chi connectivity index (χ1n) is 7.26. The van der Waals surface area contributed by atoms with Gasteiger partial charge in [-0.3, -0.25) is 4.79 Å². The van der Waals surface area contributed by atoms with Gasteiger partial charge in [-0.2, -0.15) is 0 Å². The van der Waals surface area contributed by atoms with Crippen LogP contribution in [0.25, 0.3) is 0 Å².